The molecule has 0 bridgehead atoms. The van der Waals surface area contributed by atoms with Gasteiger partial charge in [0.25, 0.3) is 5.91 Å². The molecule has 11 heteroatoms. The number of aromatic nitrogens is 4. The molecular formula is C27H28BrN7O2S. The van der Waals surface area contributed by atoms with Gasteiger partial charge < -0.3 is 15.1 Å². The van der Waals surface area contributed by atoms with Crippen LogP contribution in [0, 0.1) is 0 Å². The average Bonchev–Trinajstić information content (AvgIpc) is 3.47. The van der Waals surface area contributed by atoms with Gasteiger partial charge in [0.1, 0.15) is 0 Å². The van der Waals surface area contributed by atoms with Crippen LogP contribution in [0.2, 0.25) is 0 Å². The molecule has 0 atom stereocenters. The number of nitrogens with zero attached hydrogens (tertiary/aromatic N) is 6. The highest BCUT2D eigenvalue weighted by Gasteiger charge is 2.30. The van der Waals surface area contributed by atoms with Crippen LogP contribution in [0.15, 0.2) is 47.2 Å². The van der Waals surface area contributed by atoms with Crippen molar-refractivity contribution in [2.75, 3.05) is 39.5 Å². The Morgan fingerprint density at radius 2 is 1.97 bits per heavy atom. The van der Waals surface area contributed by atoms with E-state index in [0.29, 0.717) is 17.2 Å². The third-order valence-electron chi connectivity index (χ3n) is 6.38. The zero-order valence-corrected chi connectivity index (χ0v) is 24.1. The Morgan fingerprint density at radius 3 is 2.66 bits per heavy atom. The van der Waals surface area contributed by atoms with Gasteiger partial charge in [0, 0.05) is 60.6 Å². The Balaban J connectivity index is 1.60. The molecule has 4 aromatic rings. The van der Waals surface area contributed by atoms with Gasteiger partial charge in [-0.05, 0) is 73.2 Å². The first-order valence-corrected chi connectivity index (χ1v) is 13.8. The van der Waals surface area contributed by atoms with E-state index in [2.05, 4.69) is 36.1 Å². The number of benzene rings is 1. The molecule has 38 heavy (non-hydrogen) atoms. The van der Waals surface area contributed by atoms with Gasteiger partial charge in [-0.2, -0.15) is 5.10 Å². The Labute approximate surface area is 233 Å². The fourth-order valence-electron chi connectivity index (χ4n) is 4.47. The van der Waals surface area contributed by atoms with Gasteiger partial charge in [-0.3, -0.25) is 14.6 Å². The maximum atomic E-state index is 13.0. The molecule has 3 aromatic heterocycles. The molecular weight excluding hydrogens is 566 g/mol. The van der Waals surface area contributed by atoms with Crippen molar-refractivity contribution in [2.45, 2.75) is 19.8 Å². The molecule has 0 saturated heterocycles. The SMILES string of the molecule is CC(=O)Nc1nc2c(s1)-c1c(c(-c3cccnc3)nn1-c1ccc(C(=O)N(C)CCN(C)C)cc1Br)CC2. The molecule has 0 radical (unpaired) electrons. The number of anilines is 1. The van der Waals surface area contributed by atoms with E-state index in [1.807, 2.05) is 62.4 Å². The standard InChI is InChI=1S/C27H28BrN7O2S/c1-16(36)30-27-31-21-9-8-19-23(18-6-5-11-29-15-18)32-35(24(19)25(21)38-27)22-10-7-17(14-20(22)28)26(37)34(4)13-12-33(2)3/h5-7,10-11,14-15H,8-9,12-13H2,1-4H3,(H,30,31,36). The summed E-state index contributed by atoms with van der Waals surface area (Å²) in [5.41, 5.74) is 6.20. The number of aryl methyl sites for hydroxylation is 1. The van der Waals surface area contributed by atoms with Crippen LogP contribution in [0.25, 0.3) is 27.5 Å². The highest BCUT2D eigenvalue weighted by molar-refractivity contribution is 9.10. The van der Waals surface area contributed by atoms with E-state index >= 15 is 0 Å². The first kappa shape index (κ1) is 26.2. The molecule has 1 N–H and O–H groups in total. The van der Waals surface area contributed by atoms with Crippen molar-refractivity contribution >= 4 is 44.2 Å². The summed E-state index contributed by atoms with van der Waals surface area (Å²) in [5, 5.41) is 8.46. The number of carbonyl (C=O) groups is 2. The fraction of sp³-hybridized carbons (Fsp3) is 0.296. The smallest absolute Gasteiger partial charge is 0.253 e. The number of fused-ring (bicyclic) bond motifs is 3. The van der Waals surface area contributed by atoms with Gasteiger partial charge in [0.2, 0.25) is 5.91 Å². The molecule has 196 valence electrons. The number of pyridine rings is 1. The quantitative estimate of drug-likeness (QED) is 0.339. The van der Waals surface area contributed by atoms with Gasteiger partial charge >= 0.3 is 0 Å². The van der Waals surface area contributed by atoms with Crippen molar-refractivity contribution in [2.24, 2.45) is 0 Å². The Bertz CT molecular complexity index is 1510. The number of halogens is 1. The molecule has 5 rings (SSSR count). The fourth-order valence-corrected chi connectivity index (χ4v) is 6.13. The van der Waals surface area contributed by atoms with Gasteiger partial charge in [0.15, 0.2) is 5.13 Å². The molecule has 1 aliphatic rings. The molecule has 0 fully saturated rings. The van der Waals surface area contributed by atoms with E-state index in [-0.39, 0.29) is 11.8 Å². The second-order valence-corrected chi connectivity index (χ2v) is 11.4. The predicted molar refractivity (Wildman–Crippen MR) is 153 cm³/mol. The van der Waals surface area contributed by atoms with Gasteiger partial charge in [-0.25, -0.2) is 9.67 Å². The zero-order chi connectivity index (χ0) is 27.0. The minimum atomic E-state index is -0.153. The minimum absolute atomic E-state index is 0.0395. The number of carbonyl (C=O) groups excluding carboxylic acids is 2. The topological polar surface area (TPSA) is 96.2 Å². The maximum absolute atomic E-state index is 13.0. The van der Waals surface area contributed by atoms with Crippen LogP contribution in [-0.2, 0) is 17.6 Å². The van der Waals surface area contributed by atoms with Crippen LogP contribution in [0.4, 0.5) is 5.13 Å². The Kier molecular flexibility index (Phi) is 7.42. The summed E-state index contributed by atoms with van der Waals surface area (Å²) < 4.78 is 2.67. The third kappa shape index (κ3) is 5.13. The van der Waals surface area contributed by atoms with Crippen LogP contribution in [-0.4, -0.2) is 75.6 Å². The van der Waals surface area contributed by atoms with Crippen LogP contribution in [0.1, 0.15) is 28.5 Å². The first-order chi connectivity index (χ1) is 18.2. The lowest BCUT2D eigenvalue weighted by molar-refractivity contribution is -0.114. The summed E-state index contributed by atoms with van der Waals surface area (Å²) in [6.07, 6.45) is 5.08. The molecule has 0 saturated carbocycles. The molecule has 9 nitrogen and oxygen atoms in total. The number of hydrogen-bond donors (Lipinski definition) is 1. The summed E-state index contributed by atoms with van der Waals surface area (Å²) in [5.74, 6) is -0.193. The highest BCUT2D eigenvalue weighted by atomic mass is 79.9. The van der Waals surface area contributed by atoms with Crippen LogP contribution in [0.3, 0.4) is 0 Å². The van der Waals surface area contributed by atoms with Gasteiger partial charge in [-0.15, -0.1) is 0 Å². The number of thiazole rings is 1. The van der Waals surface area contributed by atoms with Crippen LogP contribution in [0.5, 0.6) is 0 Å². The Morgan fingerprint density at radius 1 is 1.16 bits per heavy atom. The van der Waals surface area contributed by atoms with E-state index in [4.69, 9.17) is 5.10 Å². The summed E-state index contributed by atoms with van der Waals surface area (Å²) in [7, 11) is 5.79. The summed E-state index contributed by atoms with van der Waals surface area (Å²) in [6, 6.07) is 9.51. The minimum Gasteiger partial charge on any atom is -0.340 e. The number of likely N-dealkylation sites (N-methyl/N-ethyl adjacent to an activating group) is 2. The molecule has 1 aliphatic carbocycles. The summed E-state index contributed by atoms with van der Waals surface area (Å²) >= 11 is 5.16. The van der Waals surface area contributed by atoms with E-state index in [0.717, 1.165) is 62.6 Å². The maximum Gasteiger partial charge on any atom is 0.253 e. The molecule has 1 aromatic carbocycles. The van der Waals surface area contributed by atoms with Crippen molar-refractivity contribution in [3.05, 3.63) is 64.0 Å². The lowest BCUT2D eigenvalue weighted by Crippen LogP contribution is -2.33. The monoisotopic (exact) mass is 593 g/mol. The van der Waals surface area contributed by atoms with E-state index in [1.54, 1.807) is 11.1 Å². The zero-order valence-electron chi connectivity index (χ0n) is 21.7. The molecule has 3 heterocycles. The van der Waals surface area contributed by atoms with Crippen LogP contribution < -0.4 is 5.32 Å². The number of amides is 2. The van der Waals surface area contributed by atoms with Crippen molar-refractivity contribution < 1.29 is 9.59 Å². The van der Waals surface area contributed by atoms with Crippen molar-refractivity contribution in [3.63, 3.8) is 0 Å². The van der Waals surface area contributed by atoms with Crippen molar-refractivity contribution in [1.82, 2.24) is 29.5 Å². The number of rotatable bonds is 7. The summed E-state index contributed by atoms with van der Waals surface area (Å²) in [6.45, 7) is 2.90. The largest absolute Gasteiger partial charge is 0.340 e. The number of nitrogens with one attached hydrogen (secondary N) is 1. The lowest BCUT2D eigenvalue weighted by Gasteiger charge is -2.20. The van der Waals surface area contributed by atoms with Crippen molar-refractivity contribution in [1.29, 1.82) is 0 Å². The lowest BCUT2D eigenvalue weighted by atomic mass is 9.95. The third-order valence-corrected chi connectivity index (χ3v) is 8.03. The van der Waals surface area contributed by atoms with E-state index in [9.17, 15) is 9.59 Å². The molecule has 0 spiro atoms. The Hall–Kier alpha value is -3.41. The normalized spacial score (nSPS) is 12.3. The van der Waals surface area contributed by atoms with Gasteiger partial charge in [0.05, 0.1) is 27.6 Å². The van der Waals surface area contributed by atoms with Crippen LogP contribution >= 0.6 is 27.3 Å². The van der Waals surface area contributed by atoms with Crippen molar-refractivity contribution in [3.8, 4) is 27.5 Å². The second kappa shape index (κ2) is 10.8. The number of hydrogen-bond acceptors (Lipinski definition) is 7. The predicted octanol–water partition coefficient (Wildman–Crippen LogP) is 4.51. The molecule has 0 aliphatic heterocycles. The first-order valence-electron chi connectivity index (χ1n) is 12.2. The molecule has 0 unspecified atom stereocenters. The molecule has 2 amide bonds. The highest BCUT2D eigenvalue weighted by Crippen LogP contribution is 2.44. The van der Waals surface area contributed by atoms with E-state index in [1.165, 1.54) is 18.3 Å². The van der Waals surface area contributed by atoms with E-state index < -0.39 is 0 Å². The summed E-state index contributed by atoms with van der Waals surface area (Å²) in [4.78, 5) is 38.5. The average molecular weight is 595 g/mol. The van der Waals surface area contributed by atoms with Gasteiger partial charge in [-0.1, -0.05) is 11.3 Å². The second-order valence-electron chi connectivity index (χ2n) is 9.50.